The third-order valence-electron chi connectivity index (χ3n) is 3.81. The number of hydrogen-bond donors (Lipinski definition) is 1. The molecule has 0 spiro atoms. The fourth-order valence-electron chi connectivity index (χ4n) is 2.65. The van der Waals surface area contributed by atoms with Crippen molar-refractivity contribution >= 4 is 28.8 Å². The molecule has 5 heteroatoms. The number of benzene rings is 1. The third kappa shape index (κ3) is 3.77. The molecule has 0 fully saturated rings. The molecule has 0 bridgehead atoms. The van der Waals surface area contributed by atoms with Crippen molar-refractivity contribution in [3.8, 4) is 16.9 Å². The highest BCUT2D eigenvalue weighted by molar-refractivity contribution is 7.08. The molecule has 1 aromatic heterocycles. The molecule has 1 N–H and O–H groups in total. The van der Waals surface area contributed by atoms with Crippen LogP contribution < -0.4 is 10.1 Å². The standard InChI is InChI=1S/C18H18ClNO2S/c1-2-3-4-17(21)20-10-15-8-14-7-13(12-5-6-23-11-12)9-16(19)18(14)22-15/h2,5-7,9,11,15H,1,3-4,8,10H2,(H,20,21). The summed E-state index contributed by atoms with van der Waals surface area (Å²) in [5.74, 6) is 0.769. The van der Waals surface area contributed by atoms with Gasteiger partial charge in [-0.3, -0.25) is 4.79 Å². The summed E-state index contributed by atoms with van der Waals surface area (Å²) >= 11 is 8.03. The van der Waals surface area contributed by atoms with Gasteiger partial charge in [-0.2, -0.15) is 11.3 Å². The van der Waals surface area contributed by atoms with Crippen LogP contribution in [0.4, 0.5) is 0 Å². The van der Waals surface area contributed by atoms with Gasteiger partial charge in [0.15, 0.2) is 0 Å². The van der Waals surface area contributed by atoms with Crippen molar-refractivity contribution in [3.63, 3.8) is 0 Å². The van der Waals surface area contributed by atoms with Gasteiger partial charge in [0.2, 0.25) is 5.91 Å². The minimum atomic E-state index is -0.0621. The maximum Gasteiger partial charge on any atom is 0.220 e. The SMILES string of the molecule is C=CCCC(=O)NCC1Cc2cc(-c3ccsc3)cc(Cl)c2O1. The zero-order valence-corrected chi connectivity index (χ0v) is 14.3. The Morgan fingerprint density at radius 2 is 2.35 bits per heavy atom. The van der Waals surface area contributed by atoms with Crippen molar-refractivity contribution in [2.24, 2.45) is 0 Å². The molecule has 1 aromatic carbocycles. The molecule has 0 radical (unpaired) electrons. The number of thiophene rings is 1. The summed E-state index contributed by atoms with van der Waals surface area (Å²) in [7, 11) is 0. The summed E-state index contributed by atoms with van der Waals surface area (Å²) < 4.78 is 5.90. The lowest BCUT2D eigenvalue weighted by Crippen LogP contribution is -2.34. The number of halogens is 1. The Morgan fingerprint density at radius 1 is 1.48 bits per heavy atom. The zero-order valence-electron chi connectivity index (χ0n) is 12.7. The second-order valence-corrected chi connectivity index (χ2v) is 6.72. The number of hydrogen-bond acceptors (Lipinski definition) is 3. The summed E-state index contributed by atoms with van der Waals surface area (Å²) in [6.07, 6.45) is 3.59. The largest absolute Gasteiger partial charge is 0.486 e. The molecule has 1 atom stereocenters. The smallest absolute Gasteiger partial charge is 0.220 e. The molecular weight excluding hydrogens is 330 g/mol. The van der Waals surface area contributed by atoms with Gasteiger partial charge in [-0.05, 0) is 46.5 Å². The molecule has 23 heavy (non-hydrogen) atoms. The molecule has 0 aliphatic carbocycles. The van der Waals surface area contributed by atoms with E-state index in [4.69, 9.17) is 16.3 Å². The number of fused-ring (bicyclic) bond motifs is 1. The molecule has 0 saturated carbocycles. The fraction of sp³-hybridized carbons (Fsp3) is 0.278. The van der Waals surface area contributed by atoms with E-state index >= 15 is 0 Å². The van der Waals surface area contributed by atoms with Gasteiger partial charge < -0.3 is 10.1 Å². The second-order valence-electron chi connectivity index (χ2n) is 5.53. The zero-order chi connectivity index (χ0) is 16.2. The summed E-state index contributed by atoms with van der Waals surface area (Å²) in [6.45, 7) is 4.11. The Hall–Kier alpha value is -1.78. The topological polar surface area (TPSA) is 38.3 Å². The van der Waals surface area contributed by atoms with E-state index in [1.165, 1.54) is 5.56 Å². The summed E-state index contributed by atoms with van der Waals surface area (Å²) in [6, 6.07) is 6.14. The summed E-state index contributed by atoms with van der Waals surface area (Å²) in [5, 5.41) is 7.68. The lowest BCUT2D eigenvalue weighted by atomic mass is 10.0. The van der Waals surface area contributed by atoms with Gasteiger partial charge >= 0.3 is 0 Å². The van der Waals surface area contributed by atoms with Crippen LogP contribution in [0.5, 0.6) is 5.75 Å². The van der Waals surface area contributed by atoms with Crippen LogP contribution >= 0.6 is 22.9 Å². The number of ether oxygens (including phenoxy) is 1. The number of rotatable bonds is 6. The number of carbonyl (C=O) groups is 1. The van der Waals surface area contributed by atoms with E-state index in [1.807, 2.05) is 6.07 Å². The van der Waals surface area contributed by atoms with Gasteiger partial charge in [0.1, 0.15) is 11.9 Å². The van der Waals surface area contributed by atoms with Crippen LogP contribution in [0.25, 0.3) is 11.1 Å². The van der Waals surface area contributed by atoms with Crippen LogP contribution in [0.1, 0.15) is 18.4 Å². The number of carbonyl (C=O) groups excluding carboxylic acids is 1. The predicted octanol–water partition coefficient (Wildman–Crippen LogP) is 4.45. The van der Waals surface area contributed by atoms with Crippen molar-refractivity contribution in [2.45, 2.75) is 25.4 Å². The maximum absolute atomic E-state index is 11.7. The first-order valence-electron chi connectivity index (χ1n) is 7.56. The van der Waals surface area contributed by atoms with Gasteiger partial charge in [-0.1, -0.05) is 17.7 Å². The van der Waals surface area contributed by atoms with E-state index in [0.717, 1.165) is 23.3 Å². The van der Waals surface area contributed by atoms with Crippen molar-refractivity contribution in [2.75, 3.05) is 6.54 Å². The Kier molecular flexibility index (Phi) is 5.03. The molecule has 3 nitrogen and oxygen atoms in total. The first kappa shape index (κ1) is 16.1. The van der Waals surface area contributed by atoms with E-state index in [9.17, 15) is 4.79 Å². The van der Waals surface area contributed by atoms with E-state index < -0.39 is 0 Å². The van der Waals surface area contributed by atoms with E-state index in [2.05, 4.69) is 34.8 Å². The van der Waals surface area contributed by atoms with Gasteiger partial charge in [-0.15, -0.1) is 6.58 Å². The molecule has 2 aromatic rings. The fourth-order valence-corrected chi connectivity index (χ4v) is 3.59. The van der Waals surface area contributed by atoms with Crippen LogP contribution in [0.2, 0.25) is 5.02 Å². The van der Waals surface area contributed by atoms with Gasteiger partial charge in [0.05, 0.1) is 11.6 Å². The summed E-state index contributed by atoms with van der Waals surface area (Å²) in [5.41, 5.74) is 3.37. The Morgan fingerprint density at radius 3 is 3.09 bits per heavy atom. The van der Waals surface area contributed by atoms with E-state index in [-0.39, 0.29) is 12.0 Å². The van der Waals surface area contributed by atoms with Crippen molar-refractivity contribution < 1.29 is 9.53 Å². The van der Waals surface area contributed by atoms with Gasteiger partial charge in [-0.25, -0.2) is 0 Å². The quantitative estimate of drug-likeness (QED) is 0.784. The van der Waals surface area contributed by atoms with Crippen molar-refractivity contribution in [3.05, 3.63) is 52.2 Å². The number of amides is 1. The first-order valence-corrected chi connectivity index (χ1v) is 8.88. The molecule has 1 amide bonds. The van der Waals surface area contributed by atoms with Crippen LogP contribution in [0, 0.1) is 0 Å². The van der Waals surface area contributed by atoms with Crippen LogP contribution in [0.3, 0.4) is 0 Å². The van der Waals surface area contributed by atoms with Gasteiger partial charge in [0, 0.05) is 18.4 Å². The molecule has 3 rings (SSSR count). The molecule has 0 saturated heterocycles. The van der Waals surface area contributed by atoms with E-state index in [1.54, 1.807) is 17.4 Å². The minimum absolute atomic E-state index is 0.0227. The second kappa shape index (κ2) is 7.20. The predicted molar refractivity (Wildman–Crippen MR) is 95.3 cm³/mol. The maximum atomic E-state index is 11.7. The third-order valence-corrected chi connectivity index (χ3v) is 4.77. The Balaban J connectivity index is 1.65. The highest BCUT2D eigenvalue weighted by Gasteiger charge is 2.26. The van der Waals surface area contributed by atoms with Crippen molar-refractivity contribution in [1.82, 2.24) is 5.32 Å². The number of nitrogens with one attached hydrogen (secondary N) is 1. The van der Waals surface area contributed by atoms with Crippen LogP contribution in [0.15, 0.2) is 41.6 Å². The molecule has 2 heterocycles. The monoisotopic (exact) mass is 347 g/mol. The first-order chi connectivity index (χ1) is 11.2. The van der Waals surface area contributed by atoms with Crippen LogP contribution in [-0.4, -0.2) is 18.6 Å². The lowest BCUT2D eigenvalue weighted by Gasteiger charge is -2.12. The average molecular weight is 348 g/mol. The van der Waals surface area contributed by atoms with Gasteiger partial charge in [0.25, 0.3) is 0 Å². The van der Waals surface area contributed by atoms with E-state index in [0.29, 0.717) is 24.4 Å². The average Bonchev–Trinajstić information content (AvgIpc) is 3.20. The highest BCUT2D eigenvalue weighted by atomic mass is 35.5. The molecular formula is C18H18ClNO2S. The minimum Gasteiger partial charge on any atom is -0.486 e. The molecule has 1 unspecified atom stereocenters. The van der Waals surface area contributed by atoms with Crippen molar-refractivity contribution in [1.29, 1.82) is 0 Å². The highest BCUT2D eigenvalue weighted by Crippen LogP contribution is 2.39. The van der Waals surface area contributed by atoms with Crippen LogP contribution in [-0.2, 0) is 11.2 Å². The molecule has 1 aliphatic rings. The Bertz CT molecular complexity index is 712. The number of allylic oxidation sites excluding steroid dienone is 1. The summed E-state index contributed by atoms with van der Waals surface area (Å²) in [4.78, 5) is 11.7. The Labute approximate surface area is 144 Å². The normalized spacial score (nSPS) is 15.8. The molecule has 120 valence electrons. The molecule has 1 aliphatic heterocycles. The lowest BCUT2D eigenvalue weighted by molar-refractivity contribution is -0.121.